The molecule has 0 N–H and O–H groups in total. The van der Waals surface area contributed by atoms with Crippen LogP contribution < -0.4 is 0 Å². The lowest BCUT2D eigenvalue weighted by molar-refractivity contribution is 0.0638. The van der Waals surface area contributed by atoms with Crippen LogP contribution in [0.2, 0.25) is 0 Å². The second kappa shape index (κ2) is 6.15. The van der Waals surface area contributed by atoms with Gasteiger partial charge in [0, 0.05) is 31.6 Å². The molecule has 0 aliphatic carbocycles. The zero-order valence-electron chi connectivity index (χ0n) is 9.99. The quantitative estimate of drug-likeness (QED) is 0.770. The Morgan fingerprint density at radius 2 is 2.12 bits per heavy atom. The number of piperazine rings is 1. The van der Waals surface area contributed by atoms with E-state index in [0.717, 1.165) is 38.3 Å². The normalized spacial score (nSPS) is 17.4. The average Bonchev–Trinajstić information content (AvgIpc) is 2.76. The van der Waals surface area contributed by atoms with Gasteiger partial charge < -0.3 is 4.90 Å². The third kappa shape index (κ3) is 3.42. The third-order valence-electron chi connectivity index (χ3n) is 3.01. The van der Waals surface area contributed by atoms with Gasteiger partial charge in [-0.3, -0.25) is 9.69 Å². The van der Waals surface area contributed by atoms with E-state index in [1.165, 1.54) is 9.30 Å². The predicted molar refractivity (Wildman–Crippen MR) is 79.7 cm³/mol. The van der Waals surface area contributed by atoms with Crippen molar-refractivity contribution in [3.8, 4) is 0 Å². The van der Waals surface area contributed by atoms with Gasteiger partial charge in [-0.15, -0.1) is 11.3 Å². The zero-order valence-corrected chi connectivity index (χ0v) is 13.0. The monoisotopic (exact) mass is 364 g/mol. The van der Waals surface area contributed by atoms with E-state index in [0.29, 0.717) is 0 Å². The van der Waals surface area contributed by atoms with Gasteiger partial charge in [-0.2, -0.15) is 0 Å². The Morgan fingerprint density at radius 3 is 2.65 bits per heavy atom. The fraction of sp³-hybridized carbons (Fsp3) is 0.583. The smallest absolute Gasteiger partial charge is 0.254 e. The van der Waals surface area contributed by atoms with Crippen LogP contribution in [0, 0.1) is 2.88 Å². The molecule has 3 nitrogen and oxygen atoms in total. The van der Waals surface area contributed by atoms with Crippen molar-refractivity contribution in [1.29, 1.82) is 0 Å². The molecule has 0 unspecified atom stereocenters. The summed E-state index contributed by atoms with van der Waals surface area (Å²) in [6.07, 6.45) is 1.19. The van der Waals surface area contributed by atoms with Crippen LogP contribution in [0.4, 0.5) is 0 Å². The van der Waals surface area contributed by atoms with Crippen molar-refractivity contribution < 1.29 is 4.79 Å². The summed E-state index contributed by atoms with van der Waals surface area (Å²) in [6, 6.07) is 1.98. The van der Waals surface area contributed by atoms with Crippen molar-refractivity contribution in [2.75, 3.05) is 32.7 Å². The number of nitrogens with zero attached hydrogens (tertiary/aromatic N) is 2. The maximum atomic E-state index is 12.2. The van der Waals surface area contributed by atoms with Crippen molar-refractivity contribution in [3.05, 3.63) is 19.9 Å². The van der Waals surface area contributed by atoms with E-state index in [1.54, 1.807) is 11.3 Å². The molecular weight excluding hydrogens is 347 g/mol. The molecule has 1 fully saturated rings. The molecule has 0 radical (unpaired) electrons. The SMILES string of the molecule is CCCN1CCN(C(=O)c2csc(I)c2)CC1. The van der Waals surface area contributed by atoms with Crippen LogP contribution in [0.25, 0.3) is 0 Å². The van der Waals surface area contributed by atoms with Crippen molar-refractivity contribution in [2.24, 2.45) is 0 Å². The molecule has 17 heavy (non-hydrogen) atoms. The highest BCUT2D eigenvalue weighted by Gasteiger charge is 2.22. The Balaban J connectivity index is 1.90. The van der Waals surface area contributed by atoms with Gasteiger partial charge in [-0.25, -0.2) is 0 Å². The zero-order chi connectivity index (χ0) is 12.3. The standard InChI is InChI=1S/C12H17IN2OS/c1-2-3-14-4-6-15(7-5-14)12(16)10-8-11(13)17-9-10/h8-9H,2-7H2,1H3. The van der Waals surface area contributed by atoms with E-state index in [1.807, 2.05) is 16.3 Å². The second-order valence-electron chi connectivity index (χ2n) is 4.27. The molecular formula is C12H17IN2OS. The number of amides is 1. The summed E-state index contributed by atoms with van der Waals surface area (Å²) >= 11 is 3.89. The Kier molecular flexibility index (Phi) is 4.81. The Labute approximate surface area is 120 Å². The van der Waals surface area contributed by atoms with Crippen LogP contribution in [0.5, 0.6) is 0 Å². The first-order valence-corrected chi connectivity index (χ1v) is 7.92. The van der Waals surface area contributed by atoms with E-state index in [2.05, 4.69) is 34.4 Å². The van der Waals surface area contributed by atoms with Crippen LogP contribution in [0.3, 0.4) is 0 Å². The molecule has 0 bridgehead atoms. The lowest BCUT2D eigenvalue weighted by Crippen LogP contribution is -2.48. The number of hydrogen-bond donors (Lipinski definition) is 0. The summed E-state index contributed by atoms with van der Waals surface area (Å²) in [4.78, 5) is 16.6. The van der Waals surface area contributed by atoms with Crippen molar-refractivity contribution in [3.63, 3.8) is 0 Å². The minimum absolute atomic E-state index is 0.195. The molecule has 2 heterocycles. The number of carbonyl (C=O) groups excluding carboxylic acids is 1. The summed E-state index contributed by atoms with van der Waals surface area (Å²) in [5, 5.41) is 1.96. The van der Waals surface area contributed by atoms with Crippen LogP contribution in [-0.4, -0.2) is 48.4 Å². The fourth-order valence-corrected chi connectivity index (χ4v) is 3.42. The number of carbonyl (C=O) groups is 1. The van der Waals surface area contributed by atoms with Crippen LogP contribution in [-0.2, 0) is 0 Å². The first-order chi connectivity index (χ1) is 8.20. The van der Waals surface area contributed by atoms with Gasteiger partial charge in [-0.1, -0.05) is 6.92 Å². The minimum Gasteiger partial charge on any atom is -0.336 e. The Hall–Kier alpha value is -0.140. The second-order valence-corrected chi connectivity index (χ2v) is 7.08. The number of hydrogen-bond acceptors (Lipinski definition) is 3. The van der Waals surface area contributed by atoms with Crippen LogP contribution in [0.15, 0.2) is 11.4 Å². The maximum absolute atomic E-state index is 12.2. The largest absolute Gasteiger partial charge is 0.336 e. The van der Waals surface area contributed by atoms with Crippen LogP contribution in [0.1, 0.15) is 23.7 Å². The Bertz CT molecular complexity index is 386. The summed E-state index contributed by atoms with van der Waals surface area (Å²) in [5.41, 5.74) is 0.850. The molecule has 2 rings (SSSR count). The number of rotatable bonds is 3. The van der Waals surface area contributed by atoms with E-state index < -0.39 is 0 Å². The molecule has 0 saturated carbocycles. The molecule has 1 aliphatic rings. The minimum atomic E-state index is 0.195. The molecule has 94 valence electrons. The highest BCUT2D eigenvalue weighted by atomic mass is 127. The molecule has 5 heteroatoms. The first-order valence-electron chi connectivity index (χ1n) is 5.96. The van der Waals surface area contributed by atoms with Crippen molar-refractivity contribution >= 4 is 39.8 Å². The topological polar surface area (TPSA) is 23.6 Å². The van der Waals surface area contributed by atoms with Gasteiger partial charge in [0.15, 0.2) is 0 Å². The number of thiophene rings is 1. The van der Waals surface area contributed by atoms with Gasteiger partial charge in [0.2, 0.25) is 0 Å². The van der Waals surface area contributed by atoms with E-state index >= 15 is 0 Å². The lowest BCUT2D eigenvalue weighted by atomic mass is 10.2. The first kappa shape index (κ1) is 13.3. The molecule has 0 aromatic carbocycles. The average molecular weight is 364 g/mol. The van der Waals surface area contributed by atoms with Gasteiger partial charge in [-0.05, 0) is 41.6 Å². The van der Waals surface area contributed by atoms with E-state index in [4.69, 9.17) is 0 Å². The maximum Gasteiger partial charge on any atom is 0.254 e. The fourth-order valence-electron chi connectivity index (χ4n) is 2.10. The van der Waals surface area contributed by atoms with Crippen molar-refractivity contribution in [2.45, 2.75) is 13.3 Å². The van der Waals surface area contributed by atoms with Crippen molar-refractivity contribution in [1.82, 2.24) is 9.80 Å². The Morgan fingerprint density at radius 1 is 1.41 bits per heavy atom. The molecule has 1 aromatic rings. The van der Waals surface area contributed by atoms with E-state index in [9.17, 15) is 4.79 Å². The molecule has 1 aromatic heterocycles. The molecule has 1 aliphatic heterocycles. The van der Waals surface area contributed by atoms with Gasteiger partial charge >= 0.3 is 0 Å². The lowest BCUT2D eigenvalue weighted by Gasteiger charge is -2.34. The van der Waals surface area contributed by atoms with Crippen LogP contribution >= 0.6 is 33.9 Å². The summed E-state index contributed by atoms with van der Waals surface area (Å²) < 4.78 is 1.18. The van der Waals surface area contributed by atoms with Gasteiger partial charge in [0.25, 0.3) is 5.91 Å². The third-order valence-corrected chi connectivity index (χ3v) is 4.80. The molecule has 0 atom stereocenters. The summed E-state index contributed by atoms with van der Waals surface area (Å²) in [7, 11) is 0. The van der Waals surface area contributed by atoms with Gasteiger partial charge in [0.05, 0.1) is 8.45 Å². The highest BCUT2D eigenvalue weighted by molar-refractivity contribution is 14.1. The molecule has 1 amide bonds. The van der Waals surface area contributed by atoms with Gasteiger partial charge in [0.1, 0.15) is 0 Å². The van der Waals surface area contributed by atoms with E-state index in [-0.39, 0.29) is 5.91 Å². The predicted octanol–water partition coefficient (Wildman–Crippen LogP) is 2.52. The number of halogens is 1. The summed E-state index contributed by atoms with van der Waals surface area (Å²) in [5.74, 6) is 0.195. The summed E-state index contributed by atoms with van der Waals surface area (Å²) in [6.45, 7) is 7.11. The molecule has 1 saturated heterocycles. The molecule has 0 spiro atoms. The highest BCUT2D eigenvalue weighted by Crippen LogP contribution is 2.18.